The molecule has 0 unspecified atom stereocenters. The molecule has 0 radical (unpaired) electrons. The second kappa shape index (κ2) is 21.5. The van der Waals surface area contributed by atoms with Gasteiger partial charge in [-0.1, -0.05) is 152 Å². The molecule has 0 aliphatic carbocycles. The zero-order valence-electron chi connectivity index (χ0n) is 41.6. The fraction of sp³-hybridized carbons (Fsp3) is 0.0435. The first-order valence-corrected chi connectivity index (χ1v) is 25.7. The first kappa shape index (κ1) is 46.3. The van der Waals surface area contributed by atoms with E-state index >= 15 is 0 Å². The van der Waals surface area contributed by atoms with Crippen LogP contribution in [-0.4, -0.2) is 6.54 Å². The minimum absolute atomic E-state index is 0.730. The highest BCUT2D eigenvalue weighted by molar-refractivity contribution is 5.89. The van der Waals surface area contributed by atoms with E-state index in [9.17, 15) is 0 Å². The predicted octanol–water partition coefficient (Wildman–Crippen LogP) is 19.4. The molecule has 12 rings (SSSR count). The summed E-state index contributed by atoms with van der Waals surface area (Å²) in [4.78, 5) is 11.8. The molecule has 75 heavy (non-hydrogen) atoms. The zero-order chi connectivity index (χ0) is 50.2. The molecule has 0 saturated heterocycles. The number of para-hydroxylation sites is 8. The third kappa shape index (κ3) is 9.93. The highest BCUT2D eigenvalue weighted by Crippen LogP contribution is 2.48. The summed E-state index contributed by atoms with van der Waals surface area (Å²) < 4.78 is 7.34. The summed E-state index contributed by atoms with van der Waals surface area (Å²) in [6.07, 6.45) is 1.80. The maximum Gasteiger partial charge on any atom is 0.132 e. The Morgan fingerprint density at radius 1 is 0.280 bits per heavy atom. The molecule has 11 aromatic rings. The van der Waals surface area contributed by atoms with Gasteiger partial charge in [0.1, 0.15) is 11.5 Å². The highest BCUT2D eigenvalue weighted by atomic mass is 16.5. The number of fused-ring (bicyclic) bond motifs is 1. The van der Waals surface area contributed by atoms with Crippen LogP contribution in [0.3, 0.4) is 0 Å². The Kier molecular flexibility index (Phi) is 13.3. The van der Waals surface area contributed by atoms with E-state index in [2.05, 4.69) is 322 Å². The molecule has 1 heterocycles. The third-order valence-corrected chi connectivity index (χ3v) is 13.7. The van der Waals surface area contributed by atoms with E-state index in [1.54, 1.807) is 0 Å². The quantitative estimate of drug-likeness (QED) is 0.102. The molecule has 1 aliphatic rings. The minimum Gasteiger partial charge on any atom is -0.457 e. The molecule has 0 fully saturated rings. The standard InChI is InChI=1S/C69H55N5O/c1-9-27-53(28-10-1)71(54-29-11-2-12-30-54)62-47-61(48-63(49-62)72(55-31-13-3-14-32-55)56-33-15-4-16-34-56)70-46-26-43-67-68(70)44-25-45-69(67)75-66-51-64(73(57-35-17-5-18-36-57)58-37-19-6-20-38-58)50-65(52-66)74(59-39-21-7-22-40-59)60-41-23-8-24-42-60/h1-25,27-42,44-45,47-52H,26,43,46H2. The van der Waals surface area contributed by atoms with E-state index in [0.717, 1.165) is 111 Å². The number of hydrogen-bond acceptors (Lipinski definition) is 6. The van der Waals surface area contributed by atoms with Gasteiger partial charge >= 0.3 is 0 Å². The van der Waals surface area contributed by atoms with Gasteiger partial charge in [0, 0.05) is 81.1 Å². The topological polar surface area (TPSA) is 25.4 Å². The van der Waals surface area contributed by atoms with E-state index < -0.39 is 0 Å². The summed E-state index contributed by atoms with van der Waals surface area (Å²) in [5.74, 6) is 1.56. The summed E-state index contributed by atoms with van der Waals surface area (Å²) in [5, 5.41) is 0. The van der Waals surface area contributed by atoms with Gasteiger partial charge in [0.2, 0.25) is 0 Å². The van der Waals surface area contributed by atoms with E-state index in [0.29, 0.717) is 0 Å². The average molecular weight is 970 g/mol. The fourth-order valence-corrected chi connectivity index (χ4v) is 10.4. The molecule has 362 valence electrons. The van der Waals surface area contributed by atoms with Crippen LogP contribution in [0.5, 0.6) is 11.5 Å². The average Bonchev–Trinajstić information content (AvgIpc) is 3.48. The number of anilines is 14. The van der Waals surface area contributed by atoms with Crippen molar-refractivity contribution in [2.75, 3.05) is 31.0 Å². The van der Waals surface area contributed by atoms with E-state index in [-0.39, 0.29) is 0 Å². The van der Waals surface area contributed by atoms with Gasteiger partial charge in [0.05, 0.1) is 22.7 Å². The summed E-state index contributed by atoms with van der Waals surface area (Å²) in [6.45, 7) is 0.832. The second-order valence-electron chi connectivity index (χ2n) is 18.5. The highest BCUT2D eigenvalue weighted by Gasteiger charge is 2.27. The molecule has 0 saturated carbocycles. The van der Waals surface area contributed by atoms with Crippen molar-refractivity contribution in [2.45, 2.75) is 12.8 Å². The van der Waals surface area contributed by atoms with Crippen LogP contribution in [-0.2, 0) is 6.42 Å². The van der Waals surface area contributed by atoms with Gasteiger partial charge in [-0.05, 0) is 146 Å². The molecule has 0 spiro atoms. The lowest BCUT2D eigenvalue weighted by Crippen LogP contribution is -2.25. The lowest BCUT2D eigenvalue weighted by atomic mass is 9.99. The van der Waals surface area contributed by atoms with Gasteiger partial charge in [-0.25, -0.2) is 0 Å². The van der Waals surface area contributed by atoms with Crippen LogP contribution in [0, 0.1) is 0 Å². The third-order valence-electron chi connectivity index (χ3n) is 13.7. The maximum absolute atomic E-state index is 7.34. The van der Waals surface area contributed by atoms with Gasteiger partial charge in [-0.3, -0.25) is 0 Å². The fourth-order valence-electron chi connectivity index (χ4n) is 10.4. The normalized spacial score (nSPS) is 11.8. The monoisotopic (exact) mass is 969 g/mol. The summed E-state index contributed by atoms with van der Waals surface area (Å²) >= 11 is 0. The Morgan fingerprint density at radius 2 is 0.573 bits per heavy atom. The van der Waals surface area contributed by atoms with Crippen molar-refractivity contribution in [1.29, 1.82) is 0 Å². The van der Waals surface area contributed by atoms with Gasteiger partial charge in [-0.15, -0.1) is 0 Å². The van der Waals surface area contributed by atoms with Crippen molar-refractivity contribution in [3.63, 3.8) is 0 Å². The van der Waals surface area contributed by atoms with Crippen LogP contribution in [0.2, 0.25) is 0 Å². The Bertz CT molecular complexity index is 3250. The number of rotatable bonds is 15. The summed E-state index contributed by atoms with van der Waals surface area (Å²) in [5.41, 5.74) is 15.9. The molecule has 0 bridgehead atoms. The lowest BCUT2D eigenvalue weighted by molar-refractivity contribution is 0.474. The summed E-state index contributed by atoms with van der Waals surface area (Å²) in [7, 11) is 0. The molecule has 11 aromatic carbocycles. The van der Waals surface area contributed by atoms with Gasteiger partial charge in [0.15, 0.2) is 0 Å². The molecule has 1 aliphatic heterocycles. The van der Waals surface area contributed by atoms with Crippen molar-refractivity contribution in [3.8, 4) is 11.5 Å². The van der Waals surface area contributed by atoms with E-state index in [1.807, 2.05) is 0 Å². The first-order chi connectivity index (χ1) is 37.2. The van der Waals surface area contributed by atoms with Crippen molar-refractivity contribution >= 4 is 79.6 Å². The molecule has 6 nitrogen and oxygen atoms in total. The zero-order valence-corrected chi connectivity index (χ0v) is 41.6. The summed E-state index contributed by atoms with van der Waals surface area (Å²) in [6, 6.07) is 105. The predicted molar refractivity (Wildman–Crippen MR) is 313 cm³/mol. The van der Waals surface area contributed by atoms with Crippen molar-refractivity contribution in [1.82, 2.24) is 0 Å². The van der Waals surface area contributed by atoms with Crippen LogP contribution < -0.4 is 29.2 Å². The Morgan fingerprint density at radius 3 is 0.880 bits per heavy atom. The van der Waals surface area contributed by atoms with Crippen molar-refractivity contribution in [2.24, 2.45) is 0 Å². The van der Waals surface area contributed by atoms with Crippen LogP contribution in [0.4, 0.5) is 79.6 Å². The molecular weight excluding hydrogens is 915 g/mol. The van der Waals surface area contributed by atoms with Crippen LogP contribution in [0.1, 0.15) is 12.0 Å². The molecule has 6 heteroatoms. The molecule has 0 aromatic heterocycles. The lowest BCUT2D eigenvalue weighted by Gasteiger charge is -2.35. The number of ether oxygens (including phenoxy) is 1. The van der Waals surface area contributed by atoms with E-state index in [1.165, 1.54) is 5.56 Å². The van der Waals surface area contributed by atoms with Crippen LogP contribution >= 0.6 is 0 Å². The first-order valence-electron chi connectivity index (χ1n) is 25.7. The Labute approximate surface area is 440 Å². The van der Waals surface area contributed by atoms with Crippen LogP contribution in [0.25, 0.3) is 0 Å². The van der Waals surface area contributed by atoms with Crippen molar-refractivity contribution in [3.05, 3.63) is 303 Å². The SMILES string of the molecule is c1ccc(N(c2ccccc2)c2cc(Oc3cccc4c3CCCN4c3cc(N(c4ccccc4)c4ccccc4)cc(N(c4ccccc4)c4ccccc4)c3)cc(N(c3ccccc3)c3ccccc3)c2)cc1. The van der Waals surface area contributed by atoms with Crippen molar-refractivity contribution < 1.29 is 4.74 Å². The van der Waals surface area contributed by atoms with Gasteiger partial charge in [0.25, 0.3) is 0 Å². The van der Waals surface area contributed by atoms with E-state index in [4.69, 9.17) is 4.74 Å². The number of nitrogens with zero attached hydrogens (tertiary/aromatic N) is 5. The largest absolute Gasteiger partial charge is 0.457 e. The maximum atomic E-state index is 7.34. The Balaban J connectivity index is 1.01. The van der Waals surface area contributed by atoms with Gasteiger partial charge < -0.3 is 29.2 Å². The second-order valence-corrected chi connectivity index (χ2v) is 18.5. The molecule has 0 N–H and O–H groups in total. The molecular formula is C69H55N5O. The number of hydrogen-bond donors (Lipinski definition) is 0. The number of benzene rings is 11. The van der Waals surface area contributed by atoms with Crippen LogP contribution in [0.15, 0.2) is 297 Å². The van der Waals surface area contributed by atoms with Gasteiger partial charge in [-0.2, -0.15) is 0 Å². The Hall–Kier alpha value is -9.78. The molecule has 0 atom stereocenters. The molecule has 0 amide bonds. The smallest absolute Gasteiger partial charge is 0.132 e. The minimum atomic E-state index is 0.730.